The lowest BCUT2D eigenvalue weighted by atomic mass is 9.94. The topological polar surface area (TPSA) is 80.8 Å². The summed E-state index contributed by atoms with van der Waals surface area (Å²) < 4.78 is 28.5. The zero-order valence-corrected chi connectivity index (χ0v) is 14.8. The Hall–Kier alpha value is -1.89. The number of hydrogen-bond acceptors (Lipinski definition) is 5. The van der Waals surface area contributed by atoms with E-state index in [1.807, 2.05) is 0 Å². The molecule has 0 saturated heterocycles. The zero-order chi connectivity index (χ0) is 17.7. The molecule has 7 heteroatoms. The molecule has 0 aliphatic heterocycles. The summed E-state index contributed by atoms with van der Waals surface area (Å²) in [5, 5.41) is 0. The van der Waals surface area contributed by atoms with E-state index < -0.39 is 15.8 Å². The molecule has 0 heterocycles. The lowest BCUT2D eigenvalue weighted by Gasteiger charge is -2.31. The Kier molecular flexibility index (Phi) is 5.99. The van der Waals surface area contributed by atoms with Gasteiger partial charge in [-0.05, 0) is 25.0 Å². The third kappa shape index (κ3) is 4.56. The van der Waals surface area contributed by atoms with Gasteiger partial charge in [-0.15, -0.1) is 0 Å². The number of amides is 1. The van der Waals surface area contributed by atoms with E-state index >= 15 is 0 Å². The van der Waals surface area contributed by atoms with Gasteiger partial charge in [-0.2, -0.15) is 0 Å². The summed E-state index contributed by atoms with van der Waals surface area (Å²) >= 11 is 0. The number of hydrogen-bond donors (Lipinski definition) is 0. The van der Waals surface area contributed by atoms with E-state index in [4.69, 9.17) is 4.74 Å². The van der Waals surface area contributed by atoms with Crippen LogP contribution in [0.25, 0.3) is 0 Å². The first-order chi connectivity index (χ1) is 11.3. The molecule has 0 aromatic heterocycles. The summed E-state index contributed by atoms with van der Waals surface area (Å²) in [6.07, 6.45) is 6.35. The molecule has 1 aliphatic rings. The van der Waals surface area contributed by atoms with Gasteiger partial charge in [0.15, 0.2) is 16.4 Å². The van der Waals surface area contributed by atoms with Crippen LogP contribution in [0.1, 0.15) is 42.5 Å². The van der Waals surface area contributed by atoms with Gasteiger partial charge in [0.25, 0.3) is 5.91 Å². The van der Waals surface area contributed by atoms with Crippen molar-refractivity contribution < 1.29 is 22.7 Å². The second kappa shape index (κ2) is 7.79. The lowest BCUT2D eigenvalue weighted by Crippen LogP contribution is -2.40. The summed E-state index contributed by atoms with van der Waals surface area (Å²) in [6, 6.07) is 6.01. The number of nitrogens with zero attached hydrogens (tertiary/aromatic N) is 1. The zero-order valence-electron chi connectivity index (χ0n) is 14.0. The molecule has 132 valence electrons. The number of likely N-dealkylation sites (N-methyl/N-ethyl adjacent to an activating group) is 1. The van der Waals surface area contributed by atoms with Crippen LogP contribution in [0.2, 0.25) is 0 Å². The fourth-order valence-corrected chi connectivity index (χ4v) is 3.81. The predicted molar refractivity (Wildman–Crippen MR) is 89.5 cm³/mol. The highest BCUT2D eigenvalue weighted by molar-refractivity contribution is 7.90. The third-order valence-electron chi connectivity index (χ3n) is 4.35. The molecule has 0 atom stereocenters. The lowest BCUT2D eigenvalue weighted by molar-refractivity contribution is -0.135. The van der Waals surface area contributed by atoms with Gasteiger partial charge in [0.1, 0.15) is 0 Å². The Morgan fingerprint density at radius 2 is 1.79 bits per heavy atom. The molecule has 0 N–H and O–H groups in total. The van der Waals surface area contributed by atoms with Crippen molar-refractivity contribution in [2.45, 2.75) is 43.0 Å². The van der Waals surface area contributed by atoms with Crippen LogP contribution in [0.4, 0.5) is 0 Å². The van der Waals surface area contributed by atoms with Crippen molar-refractivity contribution in [3.05, 3.63) is 29.8 Å². The molecule has 0 bridgehead atoms. The first-order valence-electron chi connectivity index (χ1n) is 8.02. The van der Waals surface area contributed by atoms with Gasteiger partial charge in [-0.1, -0.05) is 31.4 Å². The van der Waals surface area contributed by atoms with Crippen molar-refractivity contribution in [2.75, 3.05) is 19.9 Å². The number of ether oxygens (including phenoxy) is 1. The first kappa shape index (κ1) is 18.4. The van der Waals surface area contributed by atoms with Crippen LogP contribution in [-0.4, -0.2) is 51.1 Å². The molecule has 1 fully saturated rings. The van der Waals surface area contributed by atoms with Crippen molar-refractivity contribution in [1.82, 2.24) is 4.90 Å². The van der Waals surface area contributed by atoms with Gasteiger partial charge in [-0.25, -0.2) is 13.2 Å². The molecule has 0 spiro atoms. The second-order valence-electron chi connectivity index (χ2n) is 6.14. The van der Waals surface area contributed by atoms with E-state index in [0.29, 0.717) is 0 Å². The number of sulfone groups is 1. The minimum Gasteiger partial charge on any atom is -0.452 e. The average Bonchev–Trinajstić information content (AvgIpc) is 2.58. The van der Waals surface area contributed by atoms with Gasteiger partial charge in [-0.3, -0.25) is 4.79 Å². The van der Waals surface area contributed by atoms with Gasteiger partial charge in [0.2, 0.25) is 0 Å². The molecule has 1 aromatic carbocycles. The van der Waals surface area contributed by atoms with Crippen molar-refractivity contribution in [3.63, 3.8) is 0 Å². The molecular weight excluding hydrogens is 330 g/mol. The maximum atomic E-state index is 12.2. The Labute approximate surface area is 142 Å². The first-order valence-corrected chi connectivity index (χ1v) is 9.91. The molecular formula is C17H23NO5S. The fourth-order valence-electron chi connectivity index (χ4n) is 2.94. The van der Waals surface area contributed by atoms with E-state index in [-0.39, 0.29) is 29.0 Å². The molecule has 0 radical (unpaired) electrons. The highest BCUT2D eigenvalue weighted by Crippen LogP contribution is 2.22. The average molecular weight is 353 g/mol. The Balaban J connectivity index is 1.99. The van der Waals surface area contributed by atoms with Crippen molar-refractivity contribution >= 4 is 21.7 Å². The third-order valence-corrected chi connectivity index (χ3v) is 5.50. The van der Waals surface area contributed by atoms with Gasteiger partial charge >= 0.3 is 5.97 Å². The quantitative estimate of drug-likeness (QED) is 0.757. The molecule has 6 nitrogen and oxygen atoms in total. The van der Waals surface area contributed by atoms with Crippen molar-refractivity contribution in [1.29, 1.82) is 0 Å². The summed E-state index contributed by atoms with van der Waals surface area (Å²) in [5.41, 5.74) is -0.0480. The minimum atomic E-state index is -3.55. The number of rotatable bonds is 5. The minimum absolute atomic E-state index is 0.0480. The molecule has 1 amide bonds. The fraction of sp³-hybridized carbons (Fsp3) is 0.529. The van der Waals surface area contributed by atoms with E-state index in [1.165, 1.54) is 24.6 Å². The highest BCUT2D eigenvalue weighted by Gasteiger charge is 2.24. The van der Waals surface area contributed by atoms with Crippen LogP contribution in [0, 0.1) is 0 Å². The van der Waals surface area contributed by atoms with Crippen LogP contribution in [-0.2, 0) is 19.4 Å². The molecule has 1 saturated carbocycles. The number of esters is 1. The van der Waals surface area contributed by atoms with Crippen molar-refractivity contribution in [3.8, 4) is 0 Å². The molecule has 1 aliphatic carbocycles. The maximum Gasteiger partial charge on any atom is 0.339 e. The van der Waals surface area contributed by atoms with Gasteiger partial charge in [0, 0.05) is 19.3 Å². The molecule has 0 unspecified atom stereocenters. The number of benzene rings is 1. The van der Waals surface area contributed by atoms with Crippen LogP contribution in [0.3, 0.4) is 0 Å². The molecule has 1 aromatic rings. The smallest absolute Gasteiger partial charge is 0.339 e. The summed E-state index contributed by atoms with van der Waals surface area (Å²) in [5.74, 6) is -1.08. The summed E-state index contributed by atoms with van der Waals surface area (Å²) in [6.45, 7) is -0.385. The Morgan fingerprint density at radius 3 is 2.42 bits per heavy atom. The standard InChI is InChI=1S/C17H23NO5S/c1-18(13-8-4-3-5-9-13)16(19)12-23-17(20)14-10-6-7-11-15(14)24(2,21)22/h6-7,10-11,13H,3-5,8-9,12H2,1-2H3. The largest absolute Gasteiger partial charge is 0.452 e. The Morgan fingerprint density at radius 1 is 1.17 bits per heavy atom. The van der Waals surface area contributed by atoms with E-state index in [9.17, 15) is 18.0 Å². The van der Waals surface area contributed by atoms with E-state index in [2.05, 4.69) is 0 Å². The van der Waals surface area contributed by atoms with E-state index in [1.54, 1.807) is 18.0 Å². The number of carbonyl (C=O) groups excluding carboxylic acids is 2. The van der Waals surface area contributed by atoms with Crippen LogP contribution < -0.4 is 0 Å². The van der Waals surface area contributed by atoms with Crippen LogP contribution in [0.5, 0.6) is 0 Å². The highest BCUT2D eigenvalue weighted by atomic mass is 32.2. The predicted octanol–water partition coefficient (Wildman–Crippen LogP) is 2.04. The molecule has 2 rings (SSSR count). The monoisotopic (exact) mass is 353 g/mol. The normalized spacial score (nSPS) is 15.8. The maximum absolute atomic E-state index is 12.2. The molecule has 24 heavy (non-hydrogen) atoms. The SMILES string of the molecule is CN(C(=O)COC(=O)c1ccccc1S(C)(=O)=O)C1CCCCC1. The van der Waals surface area contributed by atoms with Crippen LogP contribution >= 0.6 is 0 Å². The Bertz CT molecular complexity index is 707. The van der Waals surface area contributed by atoms with Gasteiger partial charge in [0.05, 0.1) is 10.5 Å². The van der Waals surface area contributed by atoms with Crippen LogP contribution in [0.15, 0.2) is 29.2 Å². The van der Waals surface area contributed by atoms with Crippen molar-refractivity contribution in [2.24, 2.45) is 0 Å². The summed E-state index contributed by atoms with van der Waals surface area (Å²) in [7, 11) is -1.83. The van der Waals surface area contributed by atoms with E-state index in [0.717, 1.165) is 31.9 Å². The summed E-state index contributed by atoms with van der Waals surface area (Å²) in [4.78, 5) is 25.9. The van der Waals surface area contributed by atoms with Gasteiger partial charge < -0.3 is 9.64 Å². The second-order valence-corrected chi connectivity index (χ2v) is 8.13. The number of carbonyl (C=O) groups is 2.